The Balaban J connectivity index is 2.36. The molecule has 3 nitrogen and oxygen atoms in total. The fourth-order valence-corrected chi connectivity index (χ4v) is 1.83. The fraction of sp³-hybridized carbons (Fsp3) is 0. The number of benzene rings is 1. The predicted molar refractivity (Wildman–Crippen MR) is 60.9 cm³/mol. The highest BCUT2D eigenvalue weighted by Gasteiger charge is 2.07. The van der Waals surface area contributed by atoms with Crippen LogP contribution in [0, 0.1) is 5.21 Å². The molecule has 0 aliphatic rings. The molecule has 1 aromatic heterocycles. The van der Waals surface area contributed by atoms with Gasteiger partial charge in [-0.05, 0) is 17.5 Å². The van der Waals surface area contributed by atoms with Crippen molar-refractivity contribution in [3.8, 4) is 5.75 Å². The highest BCUT2D eigenvalue weighted by molar-refractivity contribution is 7.11. The molecule has 0 fully saturated rings. The molecular weight excluding hydrogens is 210 g/mol. The maximum atomic E-state index is 11.6. The summed E-state index contributed by atoms with van der Waals surface area (Å²) in [6, 6.07) is 10.2. The molecule has 0 aliphatic carbocycles. The van der Waals surface area contributed by atoms with E-state index in [9.17, 15) is 10.3 Å². The summed E-state index contributed by atoms with van der Waals surface area (Å²) in [6.45, 7) is 0. The van der Waals surface area contributed by atoms with Crippen molar-refractivity contribution in [3.63, 3.8) is 0 Å². The molecule has 0 atom stereocenters. The second-order valence-corrected chi connectivity index (χ2v) is 3.94. The fourth-order valence-electron chi connectivity index (χ4n) is 1.20. The van der Waals surface area contributed by atoms with E-state index >= 15 is 0 Å². The average molecular weight is 219 g/mol. The molecule has 0 spiro atoms. The van der Waals surface area contributed by atoms with E-state index in [0.717, 1.165) is 4.88 Å². The maximum absolute atomic E-state index is 11.6. The Kier molecular flexibility index (Phi) is 2.69. The van der Waals surface area contributed by atoms with Gasteiger partial charge in [0.25, 0.3) is 5.69 Å². The molecule has 0 saturated heterocycles. The zero-order valence-corrected chi connectivity index (χ0v) is 8.65. The normalized spacial score (nSPS) is 11.6. The third-order valence-electron chi connectivity index (χ3n) is 1.91. The first-order valence-electron chi connectivity index (χ1n) is 4.40. The van der Waals surface area contributed by atoms with Gasteiger partial charge in [-0.15, -0.1) is 11.3 Å². The van der Waals surface area contributed by atoms with Gasteiger partial charge < -0.3 is 10.3 Å². The van der Waals surface area contributed by atoms with E-state index < -0.39 is 0 Å². The Morgan fingerprint density at radius 1 is 1.20 bits per heavy atom. The molecule has 76 valence electrons. The first kappa shape index (κ1) is 9.73. The molecule has 0 amide bonds. The van der Waals surface area contributed by atoms with E-state index in [1.807, 2.05) is 17.5 Å². The van der Waals surface area contributed by atoms with Crippen LogP contribution in [0.2, 0.25) is 0 Å². The number of phenolic OH excluding ortho intramolecular Hbond substituents is 1. The lowest BCUT2D eigenvalue weighted by Gasteiger charge is -2.03. The molecule has 1 heterocycles. The molecule has 0 bridgehead atoms. The highest BCUT2D eigenvalue weighted by Crippen LogP contribution is 2.24. The van der Waals surface area contributed by atoms with Crippen LogP contribution < -0.4 is 0 Å². The summed E-state index contributed by atoms with van der Waals surface area (Å²) in [6.07, 6.45) is 1.44. The number of rotatable bonds is 2. The Morgan fingerprint density at radius 2 is 2.00 bits per heavy atom. The number of para-hydroxylation sites is 2. The van der Waals surface area contributed by atoms with Crippen molar-refractivity contribution in [3.05, 3.63) is 51.9 Å². The molecule has 2 aromatic rings. The lowest BCUT2D eigenvalue weighted by molar-refractivity contribution is -0.355. The van der Waals surface area contributed by atoms with Gasteiger partial charge in [0.1, 0.15) is 0 Å². The summed E-state index contributed by atoms with van der Waals surface area (Å²) in [7, 11) is 0. The summed E-state index contributed by atoms with van der Waals surface area (Å²) in [5.74, 6) is -0.0136. The van der Waals surface area contributed by atoms with Crippen LogP contribution in [-0.4, -0.2) is 16.1 Å². The van der Waals surface area contributed by atoms with Crippen LogP contribution in [0.4, 0.5) is 5.69 Å². The SMILES string of the molecule is [O-][N+](=Cc1cccs1)c1ccccc1O. The lowest BCUT2D eigenvalue weighted by Crippen LogP contribution is -1.97. The van der Waals surface area contributed by atoms with E-state index in [1.165, 1.54) is 23.6 Å². The maximum Gasteiger partial charge on any atom is 0.258 e. The van der Waals surface area contributed by atoms with Gasteiger partial charge >= 0.3 is 0 Å². The second kappa shape index (κ2) is 4.14. The van der Waals surface area contributed by atoms with Gasteiger partial charge in [-0.2, -0.15) is 4.74 Å². The van der Waals surface area contributed by atoms with Gasteiger partial charge in [0.2, 0.25) is 0 Å². The van der Waals surface area contributed by atoms with E-state index in [-0.39, 0.29) is 11.4 Å². The van der Waals surface area contributed by atoms with Gasteiger partial charge in [-0.25, -0.2) is 0 Å². The van der Waals surface area contributed by atoms with Gasteiger partial charge in [0, 0.05) is 6.07 Å². The van der Waals surface area contributed by atoms with Crippen molar-refractivity contribution in [1.82, 2.24) is 0 Å². The molecule has 0 aliphatic heterocycles. The lowest BCUT2D eigenvalue weighted by atomic mass is 10.3. The number of hydrogen-bond donors (Lipinski definition) is 1. The number of thiophene rings is 1. The molecule has 15 heavy (non-hydrogen) atoms. The third kappa shape index (κ3) is 2.16. The van der Waals surface area contributed by atoms with E-state index in [1.54, 1.807) is 18.2 Å². The Bertz CT molecular complexity index is 477. The van der Waals surface area contributed by atoms with E-state index in [4.69, 9.17) is 0 Å². The second-order valence-electron chi connectivity index (χ2n) is 2.96. The molecular formula is C11H9NO2S. The molecule has 0 saturated carbocycles. The Hall–Kier alpha value is -1.81. The Morgan fingerprint density at radius 3 is 2.67 bits per heavy atom. The van der Waals surface area contributed by atoms with Crippen molar-refractivity contribution in [2.75, 3.05) is 0 Å². The summed E-state index contributed by atoms with van der Waals surface area (Å²) >= 11 is 1.47. The quantitative estimate of drug-likeness (QED) is 0.365. The van der Waals surface area contributed by atoms with Crippen molar-refractivity contribution in [2.24, 2.45) is 0 Å². The van der Waals surface area contributed by atoms with Crippen LogP contribution in [0.15, 0.2) is 41.8 Å². The van der Waals surface area contributed by atoms with Crippen LogP contribution >= 0.6 is 11.3 Å². The predicted octanol–water partition coefficient (Wildman–Crippen LogP) is 2.71. The van der Waals surface area contributed by atoms with E-state index in [2.05, 4.69) is 0 Å². The zero-order chi connectivity index (χ0) is 10.7. The molecule has 1 N–H and O–H groups in total. The smallest absolute Gasteiger partial charge is 0.258 e. The minimum Gasteiger partial charge on any atom is -0.618 e. The molecule has 4 heteroatoms. The topological polar surface area (TPSA) is 46.3 Å². The van der Waals surface area contributed by atoms with Crippen molar-refractivity contribution < 1.29 is 9.85 Å². The summed E-state index contributed by atoms with van der Waals surface area (Å²) in [5.41, 5.74) is 0.255. The van der Waals surface area contributed by atoms with Gasteiger partial charge in [-0.3, -0.25) is 0 Å². The summed E-state index contributed by atoms with van der Waals surface area (Å²) < 4.78 is 0.668. The number of nitrogens with zero attached hydrogens (tertiary/aromatic N) is 1. The molecule has 0 radical (unpaired) electrons. The minimum atomic E-state index is -0.0136. The monoisotopic (exact) mass is 219 g/mol. The van der Waals surface area contributed by atoms with Crippen molar-refractivity contribution in [2.45, 2.75) is 0 Å². The Labute approximate surface area is 91.1 Å². The van der Waals surface area contributed by atoms with Crippen LogP contribution in [0.3, 0.4) is 0 Å². The van der Waals surface area contributed by atoms with Crippen LogP contribution in [0.1, 0.15) is 4.88 Å². The first-order chi connectivity index (χ1) is 7.27. The average Bonchev–Trinajstić information content (AvgIpc) is 2.71. The summed E-state index contributed by atoms with van der Waals surface area (Å²) in [5, 5.41) is 23.0. The van der Waals surface area contributed by atoms with Crippen LogP contribution in [0.25, 0.3) is 0 Å². The third-order valence-corrected chi connectivity index (χ3v) is 2.71. The largest absolute Gasteiger partial charge is 0.618 e. The van der Waals surface area contributed by atoms with Gasteiger partial charge in [0.05, 0.1) is 4.88 Å². The van der Waals surface area contributed by atoms with Crippen molar-refractivity contribution in [1.29, 1.82) is 0 Å². The molecule has 1 aromatic carbocycles. The number of aromatic hydroxyl groups is 1. The molecule has 0 unspecified atom stereocenters. The van der Waals surface area contributed by atoms with Gasteiger partial charge in [-0.1, -0.05) is 18.2 Å². The standard InChI is InChI=1S/C11H9NO2S/c13-11-6-2-1-5-10(11)12(14)8-9-4-3-7-15-9/h1-8,13H. The number of phenols is 1. The van der Waals surface area contributed by atoms with E-state index in [0.29, 0.717) is 4.74 Å². The van der Waals surface area contributed by atoms with Crippen molar-refractivity contribution >= 4 is 23.2 Å². The zero-order valence-electron chi connectivity index (χ0n) is 7.83. The first-order valence-corrected chi connectivity index (χ1v) is 5.28. The highest BCUT2D eigenvalue weighted by atomic mass is 32.1. The van der Waals surface area contributed by atoms with Crippen LogP contribution in [0.5, 0.6) is 5.75 Å². The molecule has 2 rings (SSSR count). The van der Waals surface area contributed by atoms with Crippen LogP contribution in [-0.2, 0) is 0 Å². The van der Waals surface area contributed by atoms with Gasteiger partial charge in [0.15, 0.2) is 12.0 Å². The minimum absolute atomic E-state index is 0.0136. The summed E-state index contributed by atoms with van der Waals surface area (Å²) in [4.78, 5) is 0.855. The number of hydrogen-bond acceptors (Lipinski definition) is 3.